The Morgan fingerprint density at radius 1 is 1.25 bits per heavy atom. The van der Waals surface area contributed by atoms with E-state index in [9.17, 15) is 19.1 Å². The molecule has 2 atom stereocenters. The van der Waals surface area contributed by atoms with Gasteiger partial charge in [-0.15, -0.1) is 0 Å². The Hall–Kier alpha value is -1.95. The van der Waals surface area contributed by atoms with E-state index < -0.39 is 23.2 Å². The first-order valence-corrected chi connectivity index (χ1v) is 8.07. The fourth-order valence-corrected chi connectivity index (χ4v) is 2.46. The van der Waals surface area contributed by atoms with Crippen LogP contribution in [0, 0.1) is 11.7 Å². The van der Waals surface area contributed by atoms with Crippen molar-refractivity contribution in [1.29, 1.82) is 0 Å². The summed E-state index contributed by atoms with van der Waals surface area (Å²) in [6, 6.07) is 5.04. The smallest absolute Gasteiger partial charge is 0.333 e. The van der Waals surface area contributed by atoms with Crippen LogP contribution in [0.4, 0.5) is 4.39 Å². The molecule has 0 saturated carbocycles. The van der Waals surface area contributed by atoms with Crippen LogP contribution in [0.25, 0.3) is 0 Å². The number of rotatable bonds is 9. The number of nitrogens with one attached hydrogen (secondary N) is 1. The van der Waals surface area contributed by atoms with E-state index in [1.807, 2.05) is 6.92 Å². The van der Waals surface area contributed by atoms with Gasteiger partial charge < -0.3 is 15.2 Å². The normalized spacial score (nSPS) is 14.9. The zero-order valence-electron chi connectivity index (χ0n) is 14.6. The molecule has 0 saturated heterocycles. The maximum Gasteiger partial charge on any atom is 0.333 e. The number of carbonyl (C=O) groups excluding carboxylic acids is 1. The number of aliphatic carboxylic acids is 1. The van der Waals surface area contributed by atoms with Crippen LogP contribution in [0.15, 0.2) is 24.3 Å². The van der Waals surface area contributed by atoms with Gasteiger partial charge in [-0.25, -0.2) is 9.18 Å². The minimum absolute atomic E-state index is 0.0424. The molecule has 2 unspecified atom stereocenters. The Balaban J connectivity index is 2.63. The Morgan fingerprint density at radius 3 is 2.33 bits per heavy atom. The van der Waals surface area contributed by atoms with Crippen molar-refractivity contribution >= 4 is 11.9 Å². The number of hydrogen-bond acceptors (Lipinski definition) is 3. The van der Waals surface area contributed by atoms with Gasteiger partial charge in [-0.05, 0) is 43.9 Å². The molecule has 134 valence electrons. The largest absolute Gasteiger partial charge is 0.479 e. The van der Waals surface area contributed by atoms with Gasteiger partial charge >= 0.3 is 5.97 Å². The van der Waals surface area contributed by atoms with E-state index in [-0.39, 0.29) is 19.1 Å². The number of amides is 1. The zero-order chi connectivity index (χ0) is 18.3. The minimum Gasteiger partial charge on any atom is -0.479 e. The maximum atomic E-state index is 13.0. The molecule has 0 heterocycles. The summed E-state index contributed by atoms with van der Waals surface area (Å²) in [7, 11) is 0. The van der Waals surface area contributed by atoms with Crippen molar-refractivity contribution in [3.05, 3.63) is 35.6 Å². The lowest BCUT2D eigenvalue weighted by atomic mass is 9.92. The Kier molecular flexibility index (Phi) is 7.35. The predicted molar refractivity (Wildman–Crippen MR) is 89.0 cm³/mol. The molecule has 0 aliphatic carbocycles. The number of carboxylic acid groups (broad SMARTS) is 1. The molecule has 0 aliphatic rings. The van der Waals surface area contributed by atoms with E-state index >= 15 is 0 Å². The molecule has 0 aliphatic heterocycles. The quantitative estimate of drug-likeness (QED) is 0.725. The second-order valence-electron chi connectivity index (χ2n) is 6.55. The Morgan fingerprint density at radius 2 is 1.83 bits per heavy atom. The summed E-state index contributed by atoms with van der Waals surface area (Å²) in [5, 5.41) is 12.0. The molecule has 0 aromatic heterocycles. The molecule has 2 N–H and O–H groups in total. The van der Waals surface area contributed by atoms with Gasteiger partial charge in [-0.1, -0.05) is 26.0 Å². The molecule has 5 nitrogen and oxygen atoms in total. The summed E-state index contributed by atoms with van der Waals surface area (Å²) in [4.78, 5) is 23.7. The second kappa shape index (κ2) is 8.78. The predicted octanol–water partition coefficient (Wildman–Crippen LogP) is 3.08. The maximum absolute atomic E-state index is 13.0. The molecule has 1 aromatic rings. The van der Waals surface area contributed by atoms with Crippen LogP contribution in [0.3, 0.4) is 0 Å². The summed E-state index contributed by atoms with van der Waals surface area (Å²) < 4.78 is 18.6. The van der Waals surface area contributed by atoms with E-state index in [0.717, 1.165) is 6.42 Å². The number of carboxylic acids is 1. The summed E-state index contributed by atoms with van der Waals surface area (Å²) in [6.07, 6.45) is 0.997. The van der Waals surface area contributed by atoms with Gasteiger partial charge in [0.15, 0.2) is 5.54 Å². The SMILES string of the molecule is CC(C)CC(C)OCCC(=O)NC(C)(C(=O)O)c1ccc(F)cc1. The van der Waals surface area contributed by atoms with Crippen molar-refractivity contribution in [2.24, 2.45) is 5.92 Å². The van der Waals surface area contributed by atoms with Crippen molar-refractivity contribution in [2.45, 2.75) is 52.2 Å². The molecule has 0 fully saturated rings. The fourth-order valence-electron chi connectivity index (χ4n) is 2.46. The number of hydrogen-bond donors (Lipinski definition) is 2. The molecule has 0 radical (unpaired) electrons. The third-order valence-corrected chi connectivity index (χ3v) is 3.77. The molecular formula is C18H26FNO4. The molecule has 24 heavy (non-hydrogen) atoms. The van der Waals surface area contributed by atoms with E-state index in [2.05, 4.69) is 19.2 Å². The van der Waals surface area contributed by atoms with Crippen LogP contribution in [-0.4, -0.2) is 29.7 Å². The lowest BCUT2D eigenvalue weighted by Crippen LogP contribution is -2.49. The summed E-state index contributed by atoms with van der Waals surface area (Å²) in [5.74, 6) is -1.61. The highest BCUT2D eigenvalue weighted by molar-refractivity contribution is 5.87. The highest BCUT2D eigenvalue weighted by Crippen LogP contribution is 2.22. The summed E-state index contributed by atoms with van der Waals surface area (Å²) in [5.41, 5.74) is -1.31. The third-order valence-electron chi connectivity index (χ3n) is 3.77. The Labute approximate surface area is 142 Å². The van der Waals surface area contributed by atoms with Crippen LogP contribution >= 0.6 is 0 Å². The topological polar surface area (TPSA) is 75.6 Å². The lowest BCUT2D eigenvalue weighted by Gasteiger charge is -2.27. The first kappa shape index (κ1) is 20.1. The Bertz CT molecular complexity index is 559. The van der Waals surface area contributed by atoms with Gasteiger partial charge in [0.2, 0.25) is 5.91 Å². The van der Waals surface area contributed by atoms with E-state index in [1.54, 1.807) is 0 Å². The number of ether oxygens (including phenoxy) is 1. The van der Waals surface area contributed by atoms with E-state index in [0.29, 0.717) is 11.5 Å². The molecule has 0 bridgehead atoms. The van der Waals surface area contributed by atoms with E-state index in [1.165, 1.54) is 31.2 Å². The van der Waals surface area contributed by atoms with Gasteiger partial charge in [-0.2, -0.15) is 0 Å². The van der Waals surface area contributed by atoms with Gasteiger partial charge in [0.1, 0.15) is 5.82 Å². The molecule has 6 heteroatoms. The molecular weight excluding hydrogens is 313 g/mol. The number of carbonyl (C=O) groups is 2. The van der Waals surface area contributed by atoms with Crippen molar-refractivity contribution in [3.63, 3.8) is 0 Å². The second-order valence-corrected chi connectivity index (χ2v) is 6.55. The number of benzene rings is 1. The fraction of sp³-hybridized carbons (Fsp3) is 0.556. The van der Waals surface area contributed by atoms with Gasteiger partial charge in [0.25, 0.3) is 0 Å². The molecule has 1 rings (SSSR count). The van der Waals surface area contributed by atoms with Crippen molar-refractivity contribution < 1.29 is 23.8 Å². The average molecular weight is 339 g/mol. The van der Waals surface area contributed by atoms with Crippen molar-refractivity contribution in [2.75, 3.05) is 6.61 Å². The van der Waals surface area contributed by atoms with Crippen molar-refractivity contribution in [3.8, 4) is 0 Å². The molecule has 1 amide bonds. The third kappa shape index (κ3) is 5.92. The van der Waals surface area contributed by atoms with Gasteiger partial charge in [0, 0.05) is 0 Å². The van der Waals surface area contributed by atoms with Crippen LogP contribution in [0.5, 0.6) is 0 Å². The summed E-state index contributed by atoms with van der Waals surface area (Å²) in [6.45, 7) is 7.72. The van der Waals surface area contributed by atoms with E-state index in [4.69, 9.17) is 4.74 Å². The van der Waals surface area contributed by atoms with Gasteiger partial charge in [0.05, 0.1) is 19.1 Å². The van der Waals surface area contributed by atoms with Crippen LogP contribution < -0.4 is 5.32 Å². The standard InChI is InChI=1S/C18H26FNO4/c1-12(2)11-13(3)24-10-9-16(21)20-18(4,17(22)23)14-5-7-15(19)8-6-14/h5-8,12-13H,9-11H2,1-4H3,(H,20,21)(H,22,23). The first-order valence-electron chi connectivity index (χ1n) is 8.07. The zero-order valence-corrected chi connectivity index (χ0v) is 14.6. The van der Waals surface area contributed by atoms with Crippen molar-refractivity contribution in [1.82, 2.24) is 5.32 Å². The first-order chi connectivity index (χ1) is 11.1. The monoisotopic (exact) mass is 339 g/mol. The number of halogens is 1. The minimum atomic E-state index is -1.62. The highest BCUT2D eigenvalue weighted by atomic mass is 19.1. The highest BCUT2D eigenvalue weighted by Gasteiger charge is 2.36. The van der Waals surface area contributed by atoms with Crippen LogP contribution in [-0.2, 0) is 19.9 Å². The molecule has 0 spiro atoms. The van der Waals surface area contributed by atoms with Gasteiger partial charge in [-0.3, -0.25) is 4.79 Å². The van der Waals surface area contributed by atoms with Crippen LogP contribution in [0.2, 0.25) is 0 Å². The average Bonchev–Trinajstić information content (AvgIpc) is 2.46. The van der Waals surface area contributed by atoms with Crippen LogP contribution in [0.1, 0.15) is 46.1 Å². The molecule has 1 aromatic carbocycles. The lowest BCUT2D eigenvalue weighted by molar-refractivity contribution is -0.147. The summed E-state index contributed by atoms with van der Waals surface area (Å²) >= 11 is 0.